The second kappa shape index (κ2) is 11.7. The molecule has 0 aromatic rings. The summed E-state index contributed by atoms with van der Waals surface area (Å²) >= 11 is 0. The molecule has 0 aliphatic heterocycles. The molecule has 2 N–H and O–H groups in total. The Bertz CT molecular complexity index is 541. The fraction of sp³-hybridized carbons (Fsp3) is 0.667. The van der Waals surface area contributed by atoms with Crippen LogP contribution < -0.4 is 5.32 Å². The summed E-state index contributed by atoms with van der Waals surface area (Å²) in [6.45, 7) is 6.30. The van der Waals surface area contributed by atoms with Gasteiger partial charge in [0.15, 0.2) is 0 Å². The van der Waals surface area contributed by atoms with Crippen LogP contribution in [-0.4, -0.2) is 53.8 Å². The van der Waals surface area contributed by atoms with Crippen molar-refractivity contribution in [3.05, 3.63) is 0 Å². The third-order valence-corrected chi connectivity index (χ3v) is 2.78. The van der Waals surface area contributed by atoms with E-state index in [1.54, 1.807) is 20.8 Å². The van der Waals surface area contributed by atoms with Gasteiger partial charge in [-0.1, -0.05) is 13.8 Å². The first-order valence-corrected chi connectivity index (χ1v) is 7.78. The van der Waals surface area contributed by atoms with Crippen LogP contribution in [0.1, 0.15) is 40.5 Å². The molecule has 1 amide bonds. The molecule has 0 saturated heterocycles. The Morgan fingerprint density at radius 1 is 1.12 bits per heavy atom. The maximum absolute atomic E-state index is 11.8. The first-order chi connectivity index (χ1) is 11.7. The number of rotatable bonds is 10. The minimum atomic E-state index is -1.14. The minimum absolute atomic E-state index is 0.0566. The van der Waals surface area contributed by atoms with Crippen LogP contribution in [0.15, 0.2) is 0 Å². The number of hydrogen-bond acceptors (Lipinski definition) is 8. The Morgan fingerprint density at radius 3 is 2.28 bits per heavy atom. The molecule has 0 rings (SSSR count). The summed E-state index contributed by atoms with van der Waals surface area (Å²) in [6, 6.07) is -1.12. The molecule has 0 radical (unpaired) electrons. The van der Waals surface area contributed by atoms with Crippen LogP contribution in [0.3, 0.4) is 0 Å². The molecular weight excluding hydrogens is 334 g/mol. The number of esters is 2. The molecule has 10 nitrogen and oxygen atoms in total. The van der Waals surface area contributed by atoms with Gasteiger partial charge in [0.05, 0.1) is 22.8 Å². The molecule has 0 aromatic heterocycles. The summed E-state index contributed by atoms with van der Waals surface area (Å²) in [5.74, 6) is -2.13. The number of nitrogens with one attached hydrogen (secondary N) is 2. The zero-order valence-corrected chi connectivity index (χ0v) is 14.7. The first-order valence-electron chi connectivity index (χ1n) is 7.78. The van der Waals surface area contributed by atoms with Crippen molar-refractivity contribution in [3.63, 3.8) is 0 Å². The average Bonchev–Trinajstić information content (AvgIpc) is 2.51. The number of ether oxygens (including phenoxy) is 3. The van der Waals surface area contributed by atoms with E-state index >= 15 is 0 Å². The van der Waals surface area contributed by atoms with Gasteiger partial charge < -0.3 is 19.5 Å². The van der Waals surface area contributed by atoms with Crippen molar-refractivity contribution in [2.24, 2.45) is 5.92 Å². The van der Waals surface area contributed by atoms with Crippen molar-refractivity contribution in [2.75, 3.05) is 6.61 Å². The van der Waals surface area contributed by atoms with Gasteiger partial charge in [-0.25, -0.2) is 9.59 Å². The maximum Gasteiger partial charge on any atom is 0.410 e. The van der Waals surface area contributed by atoms with Crippen LogP contribution in [0, 0.1) is 11.4 Å². The lowest BCUT2D eigenvalue weighted by atomic mass is 10.1. The molecule has 0 saturated carbocycles. The lowest BCUT2D eigenvalue weighted by molar-refractivity contribution is -0.169. The zero-order valence-electron chi connectivity index (χ0n) is 14.7. The van der Waals surface area contributed by atoms with Crippen LogP contribution in [0.5, 0.6) is 0 Å². The molecule has 0 spiro atoms. The van der Waals surface area contributed by atoms with E-state index in [1.807, 2.05) is 0 Å². The highest BCUT2D eigenvalue weighted by Crippen LogP contribution is 2.05. The van der Waals surface area contributed by atoms with Crippen molar-refractivity contribution < 1.29 is 38.2 Å². The fourth-order valence-corrected chi connectivity index (χ4v) is 1.57. The average molecular weight is 358 g/mol. The van der Waals surface area contributed by atoms with Crippen molar-refractivity contribution >= 4 is 30.0 Å². The number of carbonyl (C=O) groups excluding carboxylic acids is 4. The summed E-state index contributed by atoms with van der Waals surface area (Å²) in [5.41, 5.74) is 6.57. The summed E-state index contributed by atoms with van der Waals surface area (Å²) in [5, 5.41) is 2.26. The summed E-state index contributed by atoms with van der Waals surface area (Å²) in [6.07, 6.45) is -1.52. The molecule has 140 valence electrons. The highest BCUT2D eigenvalue weighted by molar-refractivity contribution is 6.25. The topological polar surface area (TPSA) is 146 Å². The van der Waals surface area contributed by atoms with E-state index in [1.165, 1.54) is 6.92 Å². The van der Waals surface area contributed by atoms with Crippen molar-refractivity contribution in [1.82, 2.24) is 5.32 Å². The molecule has 0 aliphatic carbocycles. The molecule has 0 fully saturated rings. The third-order valence-electron chi connectivity index (χ3n) is 2.78. The van der Waals surface area contributed by atoms with E-state index in [0.717, 1.165) is 6.21 Å². The molecular formula is C15H24N3O7+. The molecule has 25 heavy (non-hydrogen) atoms. The number of amides is 1. The summed E-state index contributed by atoms with van der Waals surface area (Å²) < 4.78 is 14.5. The Hall–Kier alpha value is -2.74. The van der Waals surface area contributed by atoms with E-state index in [-0.39, 0.29) is 25.4 Å². The number of carbonyl (C=O) groups is 4. The van der Waals surface area contributed by atoms with E-state index in [9.17, 15) is 19.2 Å². The zero-order chi connectivity index (χ0) is 19.4. The predicted octanol–water partition coefficient (Wildman–Crippen LogP) is 0.849. The lowest BCUT2D eigenvalue weighted by Gasteiger charge is -2.19. The van der Waals surface area contributed by atoms with Gasteiger partial charge in [0.25, 0.3) is 0 Å². The largest absolute Gasteiger partial charge is 0.464 e. The van der Waals surface area contributed by atoms with E-state index in [4.69, 9.17) is 19.7 Å². The highest BCUT2D eigenvalue weighted by atomic mass is 16.7. The van der Waals surface area contributed by atoms with Crippen LogP contribution >= 0.6 is 0 Å². The molecule has 0 aliphatic rings. The third kappa shape index (κ3) is 9.87. The van der Waals surface area contributed by atoms with Crippen molar-refractivity contribution in [2.45, 2.75) is 52.9 Å². The second-order valence-electron chi connectivity index (χ2n) is 5.28. The van der Waals surface area contributed by atoms with Gasteiger partial charge in [0.1, 0.15) is 6.04 Å². The summed E-state index contributed by atoms with van der Waals surface area (Å²) in [4.78, 5) is 49.3. The van der Waals surface area contributed by atoms with E-state index < -0.39 is 36.1 Å². The number of Topliss-reactive ketones (excluding diaryl/α,β-unsaturated/α-hetero) is 1. The number of alkyl carbamates (subject to hydrolysis) is 1. The van der Waals surface area contributed by atoms with E-state index in [0.29, 0.717) is 0 Å². The van der Waals surface area contributed by atoms with Gasteiger partial charge in [-0.3, -0.25) is 9.59 Å². The molecule has 0 heterocycles. The lowest BCUT2D eigenvalue weighted by Crippen LogP contribution is -2.43. The fourth-order valence-electron chi connectivity index (χ4n) is 1.57. The number of nitrogens with zero attached hydrogens (tertiary/aromatic N) is 1. The number of ketones is 1. The van der Waals surface area contributed by atoms with Crippen LogP contribution in [0.4, 0.5) is 4.79 Å². The quantitative estimate of drug-likeness (QED) is 0.193. The minimum Gasteiger partial charge on any atom is -0.464 e. The predicted molar refractivity (Wildman–Crippen MR) is 83.7 cm³/mol. The Morgan fingerprint density at radius 2 is 1.76 bits per heavy atom. The Balaban J connectivity index is 4.68. The summed E-state index contributed by atoms with van der Waals surface area (Å²) in [7, 11) is 0. The van der Waals surface area contributed by atoms with Gasteiger partial charge in [-0.15, -0.1) is 0 Å². The molecule has 0 bridgehead atoms. The van der Waals surface area contributed by atoms with Gasteiger partial charge in [-0.05, 0) is 13.3 Å². The van der Waals surface area contributed by atoms with Gasteiger partial charge in [0.2, 0.25) is 12.1 Å². The van der Waals surface area contributed by atoms with Crippen molar-refractivity contribution in [3.8, 4) is 0 Å². The molecule has 2 unspecified atom stereocenters. The molecule has 2 atom stereocenters. The van der Waals surface area contributed by atoms with Crippen LogP contribution in [0.25, 0.3) is 0 Å². The van der Waals surface area contributed by atoms with Gasteiger partial charge in [-0.2, -0.15) is 0 Å². The normalized spacial score (nSPS) is 12.4. The smallest absolute Gasteiger partial charge is 0.410 e. The molecule has 0 aromatic carbocycles. The second-order valence-corrected chi connectivity index (χ2v) is 5.28. The Labute approximate surface area is 145 Å². The standard InChI is InChI=1S/C15H23N3O7/c1-5-23-14(21)12(7-6-11(19)8-17-16)18-15(22)25-10(4)24-13(20)9(2)3/h8-10,12,16H,5-7H2,1-4H3/p+1. The number of hydrogen-bond donors (Lipinski definition) is 2. The van der Waals surface area contributed by atoms with Gasteiger partial charge in [0, 0.05) is 13.3 Å². The Kier molecular flexibility index (Phi) is 10.5. The first kappa shape index (κ1) is 22.3. The van der Waals surface area contributed by atoms with Gasteiger partial charge >= 0.3 is 24.2 Å². The SMILES string of the molecule is CCOC(=O)C(CCC(=O)C=[N+]=N)NC(=O)OC(C)OC(=O)C(C)C. The van der Waals surface area contributed by atoms with Crippen LogP contribution in [0.2, 0.25) is 0 Å². The maximum atomic E-state index is 11.8. The monoisotopic (exact) mass is 358 g/mol. The molecule has 10 heteroatoms. The van der Waals surface area contributed by atoms with Crippen molar-refractivity contribution in [1.29, 1.82) is 5.53 Å². The van der Waals surface area contributed by atoms with Crippen LogP contribution in [-0.2, 0) is 28.6 Å². The van der Waals surface area contributed by atoms with E-state index in [2.05, 4.69) is 10.1 Å². The highest BCUT2D eigenvalue weighted by Gasteiger charge is 2.25.